The molecule has 0 fully saturated rings. The molecule has 242 valence electrons. The van der Waals surface area contributed by atoms with Gasteiger partial charge in [0, 0.05) is 55.3 Å². The molecule has 52 heavy (non-hydrogen) atoms. The van der Waals surface area contributed by atoms with E-state index in [0.717, 1.165) is 38.9 Å². The van der Waals surface area contributed by atoms with E-state index in [1.165, 1.54) is 54.4 Å². The SMILES string of the molecule is c1cnc2oc3ncc(-n4c5ccccc5c5cc(-n6c7ccccc7c7cc(-n8c9ccccc9c9ccccc98)ccc76)ccc54)cc3c2c1. The van der Waals surface area contributed by atoms with E-state index in [1.807, 2.05) is 18.3 Å². The Morgan fingerprint density at radius 3 is 1.27 bits per heavy atom. The number of benzene rings is 6. The van der Waals surface area contributed by atoms with Crippen LogP contribution in [0.1, 0.15) is 0 Å². The average Bonchev–Trinajstić information content (AvgIpc) is 3.93. The minimum absolute atomic E-state index is 0.591. The summed E-state index contributed by atoms with van der Waals surface area (Å²) in [5.74, 6) is 0. The zero-order chi connectivity index (χ0) is 33.9. The molecule has 0 atom stereocenters. The van der Waals surface area contributed by atoms with Gasteiger partial charge in [0.15, 0.2) is 0 Å². The van der Waals surface area contributed by atoms with Crippen molar-refractivity contribution >= 4 is 87.6 Å². The molecule has 0 aliphatic carbocycles. The van der Waals surface area contributed by atoms with Gasteiger partial charge >= 0.3 is 0 Å². The van der Waals surface area contributed by atoms with Gasteiger partial charge in [0.2, 0.25) is 11.4 Å². The quantitative estimate of drug-likeness (QED) is 0.189. The van der Waals surface area contributed by atoms with Crippen molar-refractivity contribution in [3.8, 4) is 17.1 Å². The minimum atomic E-state index is 0.591. The Labute approximate surface area is 296 Å². The lowest BCUT2D eigenvalue weighted by atomic mass is 10.1. The second-order valence-corrected chi connectivity index (χ2v) is 13.5. The van der Waals surface area contributed by atoms with E-state index in [2.05, 4.69) is 158 Å². The molecule has 6 aromatic heterocycles. The summed E-state index contributed by atoms with van der Waals surface area (Å²) in [7, 11) is 0. The molecule has 0 radical (unpaired) electrons. The highest BCUT2D eigenvalue weighted by molar-refractivity contribution is 6.14. The van der Waals surface area contributed by atoms with Crippen LogP contribution in [-0.2, 0) is 0 Å². The fourth-order valence-electron chi connectivity index (χ4n) is 8.56. The summed E-state index contributed by atoms with van der Waals surface area (Å²) in [6, 6.07) is 54.6. The van der Waals surface area contributed by atoms with Gasteiger partial charge in [-0.3, -0.25) is 0 Å². The molecule has 6 nitrogen and oxygen atoms in total. The van der Waals surface area contributed by atoms with Crippen LogP contribution in [-0.4, -0.2) is 23.7 Å². The fraction of sp³-hybridized carbons (Fsp3) is 0. The van der Waals surface area contributed by atoms with Gasteiger partial charge in [-0.1, -0.05) is 72.8 Å². The molecule has 0 spiro atoms. The van der Waals surface area contributed by atoms with Crippen LogP contribution in [0, 0.1) is 0 Å². The van der Waals surface area contributed by atoms with Gasteiger partial charge in [0.25, 0.3) is 0 Å². The Morgan fingerprint density at radius 1 is 0.327 bits per heavy atom. The molecule has 6 heteroatoms. The third-order valence-corrected chi connectivity index (χ3v) is 10.8. The van der Waals surface area contributed by atoms with Crippen molar-refractivity contribution in [3.63, 3.8) is 0 Å². The molecule has 0 saturated heterocycles. The number of hydrogen-bond acceptors (Lipinski definition) is 3. The smallest absolute Gasteiger partial charge is 0.229 e. The van der Waals surface area contributed by atoms with Gasteiger partial charge in [-0.25, -0.2) is 9.97 Å². The number of hydrogen-bond donors (Lipinski definition) is 0. The number of para-hydroxylation sites is 4. The molecule has 0 amide bonds. The van der Waals surface area contributed by atoms with Crippen molar-refractivity contribution in [1.29, 1.82) is 0 Å². The monoisotopic (exact) mass is 665 g/mol. The zero-order valence-electron chi connectivity index (χ0n) is 27.7. The summed E-state index contributed by atoms with van der Waals surface area (Å²) in [6.07, 6.45) is 3.64. The molecule has 0 aliphatic heterocycles. The molecule has 12 rings (SSSR count). The van der Waals surface area contributed by atoms with Gasteiger partial charge in [0.1, 0.15) is 0 Å². The molecule has 0 saturated carbocycles. The van der Waals surface area contributed by atoms with Crippen LogP contribution in [0.25, 0.3) is 105 Å². The van der Waals surface area contributed by atoms with Crippen LogP contribution in [0.15, 0.2) is 168 Å². The molecule has 0 N–H and O–H groups in total. The Bertz CT molecular complexity index is 3380. The third-order valence-electron chi connectivity index (χ3n) is 10.8. The van der Waals surface area contributed by atoms with E-state index in [9.17, 15) is 0 Å². The van der Waals surface area contributed by atoms with Crippen LogP contribution in [0.3, 0.4) is 0 Å². The minimum Gasteiger partial charge on any atom is -0.419 e. The van der Waals surface area contributed by atoms with E-state index >= 15 is 0 Å². The van der Waals surface area contributed by atoms with E-state index in [4.69, 9.17) is 9.40 Å². The number of furan rings is 1. The normalized spacial score (nSPS) is 12.2. The fourth-order valence-corrected chi connectivity index (χ4v) is 8.56. The van der Waals surface area contributed by atoms with Crippen molar-refractivity contribution < 1.29 is 4.42 Å². The van der Waals surface area contributed by atoms with Gasteiger partial charge < -0.3 is 18.1 Å². The van der Waals surface area contributed by atoms with Crippen LogP contribution in [0.4, 0.5) is 0 Å². The van der Waals surface area contributed by atoms with E-state index in [1.54, 1.807) is 6.20 Å². The summed E-state index contributed by atoms with van der Waals surface area (Å²) in [5.41, 5.74) is 11.4. The molecule has 0 bridgehead atoms. The second kappa shape index (κ2) is 10.2. The summed E-state index contributed by atoms with van der Waals surface area (Å²) in [5, 5.41) is 9.25. The molecule has 6 aromatic carbocycles. The molecule has 12 aromatic rings. The first kappa shape index (κ1) is 27.6. The summed E-state index contributed by atoms with van der Waals surface area (Å²) < 4.78 is 13.1. The summed E-state index contributed by atoms with van der Waals surface area (Å²) >= 11 is 0. The highest BCUT2D eigenvalue weighted by Gasteiger charge is 2.19. The Hall–Kier alpha value is -7.18. The van der Waals surface area contributed by atoms with Crippen LogP contribution < -0.4 is 0 Å². The lowest BCUT2D eigenvalue weighted by Crippen LogP contribution is -1.97. The average molecular weight is 666 g/mol. The predicted molar refractivity (Wildman–Crippen MR) is 212 cm³/mol. The third kappa shape index (κ3) is 3.67. The maximum atomic E-state index is 5.96. The van der Waals surface area contributed by atoms with Gasteiger partial charge in [-0.2, -0.15) is 0 Å². The first-order valence-corrected chi connectivity index (χ1v) is 17.5. The number of nitrogens with zero attached hydrogens (tertiary/aromatic N) is 5. The molecule has 0 unspecified atom stereocenters. The first-order chi connectivity index (χ1) is 25.8. The van der Waals surface area contributed by atoms with Crippen LogP contribution >= 0.6 is 0 Å². The number of rotatable bonds is 3. The van der Waals surface area contributed by atoms with Gasteiger partial charge in [0.05, 0.1) is 50.4 Å². The van der Waals surface area contributed by atoms with Crippen LogP contribution in [0.2, 0.25) is 0 Å². The van der Waals surface area contributed by atoms with E-state index in [0.29, 0.717) is 11.4 Å². The summed E-state index contributed by atoms with van der Waals surface area (Å²) in [4.78, 5) is 9.15. The standard InChI is InChI=1S/C46H27N5O/c1-5-15-39-31(10-1)32-11-2-6-16-40(32)49(39)28-19-21-43-36(24-28)33-12-3-7-17-41(33)50(43)29-20-22-44-37(25-29)34-13-4-8-18-42(34)51(44)30-26-38-35-14-9-23-47-45(35)52-46(38)48-27-30/h1-27H. The maximum Gasteiger partial charge on any atom is 0.229 e. The lowest BCUT2D eigenvalue weighted by Gasteiger charge is -2.11. The van der Waals surface area contributed by atoms with E-state index < -0.39 is 0 Å². The van der Waals surface area contributed by atoms with Crippen LogP contribution in [0.5, 0.6) is 0 Å². The first-order valence-electron chi connectivity index (χ1n) is 17.5. The van der Waals surface area contributed by atoms with Gasteiger partial charge in [-0.15, -0.1) is 0 Å². The Balaban J connectivity index is 1.08. The van der Waals surface area contributed by atoms with E-state index in [-0.39, 0.29) is 0 Å². The largest absolute Gasteiger partial charge is 0.419 e. The maximum absolute atomic E-state index is 5.96. The topological polar surface area (TPSA) is 53.7 Å². The highest BCUT2D eigenvalue weighted by Crippen LogP contribution is 2.39. The highest BCUT2D eigenvalue weighted by atomic mass is 16.3. The Kier molecular flexibility index (Phi) is 5.41. The molecule has 6 heterocycles. The van der Waals surface area contributed by atoms with Crippen molar-refractivity contribution in [2.24, 2.45) is 0 Å². The summed E-state index contributed by atoms with van der Waals surface area (Å²) in [6.45, 7) is 0. The number of fused-ring (bicyclic) bond motifs is 12. The second-order valence-electron chi connectivity index (χ2n) is 13.5. The van der Waals surface area contributed by atoms with Crippen molar-refractivity contribution in [3.05, 3.63) is 164 Å². The predicted octanol–water partition coefficient (Wildman–Crippen LogP) is 11.7. The van der Waals surface area contributed by atoms with Crippen molar-refractivity contribution in [2.45, 2.75) is 0 Å². The number of pyridine rings is 2. The molecular weight excluding hydrogens is 639 g/mol. The van der Waals surface area contributed by atoms with Crippen molar-refractivity contribution in [1.82, 2.24) is 23.7 Å². The number of aromatic nitrogens is 5. The lowest BCUT2D eigenvalue weighted by molar-refractivity contribution is 0.640. The van der Waals surface area contributed by atoms with Gasteiger partial charge in [-0.05, 0) is 78.9 Å². The molecular formula is C46H27N5O. The van der Waals surface area contributed by atoms with Crippen molar-refractivity contribution in [2.75, 3.05) is 0 Å². The Morgan fingerprint density at radius 2 is 0.731 bits per heavy atom. The zero-order valence-corrected chi connectivity index (χ0v) is 27.7. The molecule has 0 aliphatic rings.